The van der Waals surface area contributed by atoms with E-state index in [1.165, 1.54) is 23.9 Å². The number of amides is 1. The Kier molecular flexibility index (Phi) is 6.20. The Morgan fingerprint density at radius 1 is 1.10 bits per heavy atom. The molecule has 0 aliphatic rings. The van der Waals surface area contributed by atoms with E-state index >= 15 is 0 Å². The number of anilines is 1. The minimum atomic E-state index is -0.406. The molecule has 2 aromatic heterocycles. The molecule has 0 bridgehead atoms. The number of thioether (sulfide) groups is 1. The fraction of sp³-hybridized carbons (Fsp3) is 0.0476. The standard InChI is InChI=1S/C21H15BrFN5OS/c22-15-6-8-18(9-7-15)28-20(14-3-2-10-24-12-14)26-27-21(28)30-13-19(29)25-17-5-1-4-16(23)11-17/h1-12H,13H2,(H,25,29). The van der Waals surface area contributed by atoms with Crippen LogP contribution in [0, 0.1) is 5.82 Å². The summed E-state index contributed by atoms with van der Waals surface area (Å²) in [5.74, 6) is 0.0481. The molecular formula is C21H15BrFN5OS. The van der Waals surface area contributed by atoms with Gasteiger partial charge >= 0.3 is 0 Å². The van der Waals surface area contributed by atoms with Crippen molar-refractivity contribution in [3.8, 4) is 17.1 Å². The van der Waals surface area contributed by atoms with Crippen LogP contribution in [0.2, 0.25) is 0 Å². The second kappa shape index (κ2) is 9.19. The Morgan fingerprint density at radius 3 is 2.67 bits per heavy atom. The van der Waals surface area contributed by atoms with Gasteiger partial charge in [0.15, 0.2) is 11.0 Å². The van der Waals surface area contributed by atoms with Gasteiger partial charge in [-0.1, -0.05) is 33.8 Å². The first-order valence-corrected chi connectivity index (χ1v) is 10.7. The molecule has 6 nitrogen and oxygen atoms in total. The maximum Gasteiger partial charge on any atom is 0.234 e. The van der Waals surface area contributed by atoms with Crippen LogP contribution in [0.15, 0.2) is 82.7 Å². The van der Waals surface area contributed by atoms with Crippen molar-refractivity contribution in [2.75, 3.05) is 11.1 Å². The molecule has 2 heterocycles. The van der Waals surface area contributed by atoms with Gasteiger partial charge in [-0.05, 0) is 54.6 Å². The molecule has 0 aliphatic carbocycles. The summed E-state index contributed by atoms with van der Waals surface area (Å²) in [6, 6.07) is 17.2. The van der Waals surface area contributed by atoms with Crippen LogP contribution in [0.1, 0.15) is 0 Å². The predicted octanol–water partition coefficient (Wildman–Crippen LogP) is 4.96. The van der Waals surface area contributed by atoms with Gasteiger partial charge in [0.25, 0.3) is 0 Å². The topological polar surface area (TPSA) is 72.7 Å². The van der Waals surface area contributed by atoms with Crippen LogP contribution < -0.4 is 5.32 Å². The molecule has 2 aromatic carbocycles. The Bertz CT molecular complexity index is 1170. The second-order valence-corrected chi connectivity index (χ2v) is 8.07. The molecular weight excluding hydrogens is 469 g/mol. The molecule has 1 amide bonds. The predicted molar refractivity (Wildman–Crippen MR) is 118 cm³/mol. The molecule has 1 N–H and O–H groups in total. The lowest BCUT2D eigenvalue weighted by Crippen LogP contribution is -2.14. The smallest absolute Gasteiger partial charge is 0.234 e. The van der Waals surface area contributed by atoms with Gasteiger partial charge in [-0.25, -0.2) is 4.39 Å². The highest BCUT2D eigenvalue weighted by molar-refractivity contribution is 9.10. The molecule has 0 atom stereocenters. The first-order valence-electron chi connectivity index (χ1n) is 8.90. The Hall–Kier alpha value is -3.04. The van der Waals surface area contributed by atoms with Crippen molar-refractivity contribution in [3.05, 3.63) is 83.3 Å². The van der Waals surface area contributed by atoms with Crippen LogP contribution in [0.25, 0.3) is 17.1 Å². The zero-order valence-electron chi connectivity index (χ0n) is 15.5. The summed E-state index contributed by atoms with van der Waals surface area (Å²) >= 11 is 4.69. The van der Waals surface area contributed by atoms with Gasteiger partial charge in [-0.15, -0.1) is 10.2 Å². The van der Waals surface area contributed by atoms with Crippen LogP contribution in [0.3, 0.4) is 0 Å². The Labute approximate surface area is 184 Å². The van der Waals surface area contributed by atoms with Crippen molar-refractivity contribution < 1.29 is 9.18 Å². The molecule has 0 unspecified atom stereocenters. The summed E-state index contributed by atoms with van der Waals surface area (Å²) in [5.41, 5.74) is 2.07. The molecule has 9 heteroatoms. The van der Waals surface area contributed by atoms with Crippen LogP contribution >= 0.6 is 27.7 Å². The zero-order valence-corrected chi connectivity index (χ0v) is 17.9. The highest BCUT2D eigenvalue weighted by atomic mass is 79.9. The number of carbonyl (C=O) groups excluding carboxylic acids is 1. The molecule has 0 saturated heterocycles. The molecule has 150 valence electrons. The average molecular weight is 484 g/mol. The van der Waals surface area contributed by atoms with E-state index in [1.807, 2.05) is 41.0 Å². The summed E-state index contributed by atoms with van der Waals surface area (Å²) in [4.78, 5) is 16.5. The molecule has 0 saturated carbocycles. The minimum Gasteiger partial charge on any atom is -0.325 e. The first kappa shape index (κ1) is 20.2. The highest BCUT2D eigenvalue weighted by Gasteiger charge is 2.17. The van der Waals surface area contributed by atoms with E-state index in [1.54, 1.807) is 24.5 Å². The molecule has 0 radical (unpaired) electrons. The highest BCUT2D eigenvalue weighted by Crippen LogP contribution is 2.28. The largest absolute Gasteiger partial charge is 0.325 e. The van der Waals surface area contributed by atoms with Crippen LogP contribution in [0.5, 0.6) is 0 Å². The van der Waals surface area contributed by atoms with Crippen molar-refractivity contribution in [2.24, 2.45) is 0 Å². The summed E-state index contributed by atoms with van der Waals surface area (Å²) in [6.45, 7) is 0. The Morgan fingerprint density at radius 2 is 1.93 bits per heavy atom. The number of hydrogen-bond donors (Lipinski definition) is 1. The number of halogens is 2. The lowest BCUT2D eigenvalue weighted by Gasteiger charge is -2.10. The van der Waals surface area contributed by atoms with Gasteiger partial charge in [0.1, 0.15) is 5.82 Å². The van der Waals surface area contributed by atoms with Gasteiger partial charge in [0.2, 0.25) is 5.91 Å². The Balaban J connectivity index is 1.59. The summed E-state index contributed by atoms with van der Waals surface area (Å²) in [7, 11) is 0. The SMILES string of the molecule is O=C(CSc1nnc(-c2cccnc2)n1-c1ccc(Br)cc1)Nc1cccc(F)c1. The van der Waals surface area contributed by atoms with Crippen molar-refractivity contribution in [3.63, 3.8) is 0 Å². The maximum absolute atomic E-state index is 13.3. The van der Waals surface area contributed by atoms with Gasteiger partial charge < -0.3 is 5.32 Å². The molecule has 4 rings (SSSR count). The number of carbonyl (C=O) groups is 1. The third-order valence-corrected chi connectivity index (χ3v) is 5.54. The summed E-state index contributed by atoms with van der Waals surface area (Å²) in [5, 5.41) is 11.8. The number of aromatic nitrogens is 4. The second-order valence-electron chi connectivity index (χ2n) is 6.21. The van der Waals surface area contributed by atoms with E-state index in [2.05, 4.69) is 36.4 Å². The molecule has 30 heavy (non-hydrogen) atoms. The molecule has 4 aromatic rings. The van der Waals surface area contributed by atoms with E-state index in [0.717, 1.165) is 15.7 Å². The fourth-order valence-corrected chi connectivity index (χ4v) is 3.78. The number of benzene rings is 2. The van der Waals surface area contributed by atoms with Gasteiger partial charge in [-0.3, -0.25) is 14.3 Å². The molecule has 0 aliphatic heterocycles. The van der Waals surface area contributed by atoms with E-state index < -0.39 is 5.82 Å². The van der Waals surface area contributed by atoms with Crippen LogP contribution in [-0.2, 0) is 4.79 Å². The monoisotopic (exact) mass is 483 g/mol. The summed E-state index contributed by atoms with van der Waals surface area (Å²) < 4.78 is 16.1. The van der Waals surface area contributed by atoms with Crippen LogP contribution in [0.4, 0.5) is 10.1 Å². The van der Waals surface area contributed by atoms with Crippen molar-refractivity contribution in [1.29, 1.82) is 0 Å². The normalized spacial score (nSPS) is 10.7. The van der Waals surface area contributed by atoms with Gasteiger partial charge in [0.05, 0.1) is 5.75 Å². The van der Waals surface area contributed by atoms with Crippen LogP contribution in [-0.4, -0.2) is 31.4 Å². The number of nitrogens with one attached hydrogen (secondary N) is 1. The lowest BCUT2D eigenvalue weighted by molar-refractivity contribution is -0.113. The number of pyridine rings is 1. The first-order chi connectivity index (χ1) is 14.6. The maximum atomic E-state index is 13.3. The third-order valence-electron chi connectivity index (χ3n) is 4.08. The van der Waals surface area contributed by atoms with Crippen molar-refractivity contribution in [2.45, 2.75) is 5.16 Å². The van der Waals surface area contributed by atoms with E-state index in [0.29, 0.717) is 16.7 Å². The van der Waals surface area contributed by atoms with E-state index in [9.17, 15) is 9.18 Å². The number of nitrogens with zero attached hydrogens (tertiary/aromatic N) is 4. The number of hydrogen-bond acceptors (Lipinski definition) is 5. The third kappa shape index (κ3) is 4.74. The van der Waals surface area contributed by atoms with Crippen molar-refractivity contribution >= 4 is 39.3 Å². The average Bonchev–Trinajstić information content (AvgIpc) is 3.17. The lowest BCUT2D eigenvalue weighted by atomic mass is 10.2. The number of rotatable bonds is 6. The van der Waals surface area contributed by atoms with E-state index in [4.69, 9.17) is 0 Å². The minimum absolute atomic E-state index is 0.0955. The van der Waals surface area contributed by atoms with Gasteiger partial charge in [0, 0.05) is 33.8 Å². The quantitative estimate of drug-likeness (QED) is 0.392. The van der Waals surface area contributed by atoms with E-state index in [-0.39, 0.29) is 11.7 Å². The molecule has 0 spiro atoms. The fourth-order valence-electron chi connectivity index (χ4n) is 2.76. The zero-order chi connectivity index (χ0) is 20.9. The summed E-state index contributed by atoms with van der Waals surface area (Å²) in [6.07, 6.45) is 3.40. The molecule has 0 fully saturated rings. The van der Waals surface area contributed by atoms with Gasteiger partial charge in [-0.2, -0.15) is 0 Å². The van der Waals surface area contributed by atoms with Crippen molar-refractivity contribution in [1.82, 2.24) is 19.7 Å².